The second-order valence-electron chi connectivity index (χ2n) is 7.99. The van der Waals surface area contributed by atoms with E-state index in [0.29, 0.717) is 5.41 Å². The van der Waals surface area contributed by atoms with Crippen LogP contribution in [0.2, 0.25) is 0 Å². The van der Waals surface area contributed by atoms with Crippen molar-refractivity contribution in [1.82, 2.24) is 15.5 Å². The Kier molecular flexibility index (Phi) is 12.0. The summed E-state index contributed by atoms with van der Waals surface area (Å²) in [5.41, 5.74) is 2.97. The van der Waals surface area contributed by atoms with Crippen LogP contribution >= 0.6 is 24.0 Å². The first kappa shape index (κ1) is 25.2. The van der Waals surface area contributed by atoms with Gasteiger partial charge in [-0.05, 0) is 56.8 Å². The molecule has 0 atom stereocenters. The van der Waals surface area contributed by atoms with Crippen molar-refractivity contribution in [1.29, 1.82) is 0 Å². The number of benzene rings is 1. The zero-order chi connectivity index (χ0) is 19.5. The summed E-state index contributed by atoms with van der Waals surface area (Å²) in [7, 11) is 6.03. The normalized spacial score (nSPS) is 16.1. The van der Waals surface area contributed by atoms with Gasteiger partial charge in [0.1, 0.15) is 0 Å². The van der Waals surface area contributed by atoms with E-state index in [1.807, 2.05) is 7.05 Å². The maximum absolute atomic E-state index is 5.62. The fourth-order valence-corrected chi connectivity index (χ4v) is 3.88. The summed E-state index contributed by atoms with van der Waals surface area (Å²) in [6, 6.07) is 8.79. The molecule has 28 heavy (non-hydrogen) atoms. The molecule has 0 spiro atoms. The molecule has 0 saturated heterocycles. The summed E-state index contributed by atoms with van der Waals surface area (Å²) in [6.07, 6.45) is 6.38. The Balaban J connectivity index is 0.00000392. The van der Waals surface area contributed by atoms with Crippen LogP contribution in [0.1, 0.15) is 50.2 Å². The highest BCUT2D eigenvalue weighted by atomic mass is 127. The van der Waals surface area contributed by atoms with E-state index in [4.69, 9.17) is 4.74 Å². The van der Waals surface area contributed by atoms with E-state index in [1.165, 1.54) is 36.8 Å². The van der Waals surface area contributed by atoms with Crippen LogP contribution in [-0.2, 0) is 17.8 Å². The van der Waals surface area contributed by atoms with Crippen molar-refractivity contribution in [3.8, 4) is 0 Å². The minimum atomic E-state index is 0. The molecule has 5 nitrogen and oxygen atoms in total. The summed E-state index contributed by atoms with van der Waals surface area (Å²) in [5, 5.41) is 7.02. The van der Waals surface area contributed by atoms with E-state index < -0.39 is 0 Å². The summed E-state index contributed by atoms with van der Waals surface area (Å²) < 4.78 is 5.62. The molecule has 0 bridgehead atoms. The highest BCUT2D eigenvalue weighted by Gasteiger charge is 2.33. The van der Waals surface area contributed by atoms with Crippen LogP contribution in [0.15, 0.2) is 29.3 Å². The number of ether oxygens (including phenoxy) is 1. The highest BCUT2D eigenvalue weighted by Crippen LogP contribution is 2.40. The third-order valence-corrected chi connectivity index (χ3v) is 5.48. The molecular weight excluding hydrogens is 463 g/mol. The average Bonchev–Trinajstić information content (AvgIpc) is 3.12. The van der Waals surface area contributed by atoms with Gasteiger partial charge in [-0.2, -0.15) is 0 Å². The van der Waals surface area contributed by atoms with Gasteiger partial charge < -0.3 is 20.3 Å². The smallest absolute Gasteiger partial charge is 0.191 e. The standard InChI is InChI=1S/C22H38N4O.HI/c1-5-27-15-14-22(12-6-7-13-22)18-25-21(23-2)24-16-19-8-10-20(11-9-19)17-26(3)4;/h8-11H,5-7,12-18H2,1-4H3,(H2,23,24,25);1H. The van der Waals surface area contributed by atoms with Crippen LogP contribution < -0.4 is 10.6 Å². The minimum absolute atomic E-state index is 0. The first-order valence-electron chi connectivity index (χ1n) is 10.3. The van der Waals surface area contributed by atoms with E-state index in [1.54, 1.807) is 0 Å². The van der Waals surface area contributed by atoms with Crippen LogP contribution in [0.3, 0.4) is 0 Å². The topological polar surface area (TPSA) is 48.9 Å². The molecule has 0 radical (unpaired) electrons. The molecule has 0 amide bonds. The molecular formula is C22H39IN4O. The average molecular weight is 502 g/mol. The van der Waals surface area contributed by atoms with E-state index in [2.05, 4.69) is 65.8 Å². The predicted molar refractivity (Wildman–Crippen MR) is 129 cm³/mol. The maximum Gasteiger partial charge on any atom is 0.191 e. The van der Waals surface area contributed by atoms with E-state index in [9.17, 15) is 0 Å². The largest absolute Gasteiger partial charge is 0.382 e. The van der Waals surface area contributed by atoms with E-state index in [0.717, 1.165) is 45.2 Å². The third-order valence-electron chi connectivity index (χ3n) is 5.48. The number of nitrogens with zero attached hydrogens (tertiary/aromatic N) is 2. The predicted octanol–water partition coefficient (Wildman–Crippen LogP) is 4.02. The number of nitrogens with one attached hydrogen (secondary N) is 2. The zero-order valence-electron chi connectivity index (χ0n) is 18.1. The Labute approximate surface area is 188 Å². The number of guanidine groups is 1. The van der Waals surface area contributed by atoms with E-state index in [-0.39, 0.29) is 24.0 Å². The van der Waals surface area contributed by atoms with Crippen molar-refractivity contribution in [2.24, 2.45) is 10.4 Å². The van der Waals surface area contributed by atoms with Gasteiger partial charge in [-0.25, -0.2) is 0 Å². The van der Waals surface area contributed by atoms with Crippen LogP contribution in [0.4, 0.5) is 0 Å². The number of aliphatic imine (C=N–C) groups is 1. The van der Waals surface area contributed by atoms with Crippen molar-refractivity contribution >= 4 is 29.9 Å². The molecule has 1 saturated carbocycles. The highest BCUT2D eigenvalue weighted by molar-refractivity contribution is 14.0. The van der Waals surface area contributed by atoms with Gasteiger partial charge in [-0.3, -0.25) is 4.99 Å². The summed E-state index contributed by atoms with van der Waals surface area (Å²) in [5.74, 6) is 0.884. The fraction of sp³-hybridized carbons (Fsp3) is 0.682. The lowest BCUT2D eigenvalue weighted by Gasteiger charge is -2.30. The van der Waals surface area contributed by atoms with Gasteiger partial charge in [0.25, 0.3) is 0 Å². The molecule has 2 N–H and O–H groups in total. The van der Waals surface area contributed by atoms with Gasteiger partial charge in [-0.15, -0.1) is 24.0 Å². The van der Waals surface area contributed by atoms with Crippen LogP contribution in [-0.4, -0.2) is 51.8 Å². The second kappa shape index (κ2) is 13.4. The van der Waals surface area contributed by atoms with Crippen LogP contribution in [0, 0.1) is 5.41 Å². The Morgan fingerprint density at radius 2 is 1.75 bits per heavy atom. The third kappa shape index (κ3) is 8.66. The second-order valence-corrected chi connectivity index (χ2v) is 7.99. The monoisotopic (exact) mass is 502 g/mol. The lowest BCUT2D eigenvalue weighted by molar-refractivity contribution is 0.105. The van der Waals surface area contributed by atoms with Gasteiger partial charge in [0, 0.05) is 39.9 Å². The number of hydrogen-bond acceptors (Lipinski definition) is 3. The Bertz CT molecular complexity index is 568. The molecule has 2 rings (SSSR count). The molecule has 0 unspecified atom stereocenters. The molecule has 0 aromatic heterocycles. The SMILES string of the molecule is CCOCCC1(CNC(=NC)NCc2ccc(CN(C)C)cc2)CCCC1.I. The van der Waals surface area contributed by atoms with Gasteiger partial charge in [0.05, 0.1) is 0 Å². The molecule has 0 heterocycles. The Morgan fingerprint density at radius 3 is 2.32 bits per heavy atom. The van der Waals surface area contributed by atoms with E-state index >= 15 is 0 Å². The molecule has 1 aromatic rings. The first-order chi connectivity index (χ1) is 13.1. The number of hydrogen-bond donors (Lipinski definition) is 2. The molecule has 1 aliphatic rings. The number of rotatable bonds is 10. The van der Waals surface area contributed by atoms with Crippen molar-refractivity contribution in [3.63, 3.8) is 0 Å². The maximum atomic E-state index is 5.62. The molecule has 1 aliphatic carbocycles. The Morgan fingerprint density at radius 1 is 1.11 bits per heavy atom. The first-order valence-corrected chi connectivity index (χ1v) is 10.3. The lowest BCUT2D eigenvalue weighted by Crippen LogP contribution is -2.43. The molecule has 0 aliphatic heterocycles. The molecule has 6 heteroatoms. The lowest BCUT2D eigenvalue weighted by atomic mass is 9.83. The van der Waals surface area contributed by atoms with Crippen LogP contribution in [0.25, 0.3) is 0 Å². The van der Waals surface area contributed by atoms with Crippen molar-refractivity contribution in [3.05, 3.63) is 35.4 Å². The van der Waals surface area contributed by atoms with Crippen molar-refractivity contribution in [2.45, 2.75) is 52.1 Å². The molecule has 160 valence electrons. The van der Waals surface area contributed by atoms with Crippen molar-refractivity contribution in [2.75, 3.05) is 40.9 Å². The molecule has 1 fully saturated rings. The van der Waals surface area contributed by atoms with Gasteiger partial charge in [0.2, 0.25) is 0 Å². The Hall–Kier alpha value is -0.860. The van der Waals surface area contributed by atoms with Crippen LogP contribution in [0.5, 0.6) is 0 Å². The van der Waals surface area contributed by atoms with Gasteiger partial charge in [0.15, 0.2) is 5.96 Å². The quantitative estimate of drug-likeness (QED) is 0.220. The zero-order valence-corrected chi connectivity index (χ0v) is 20.4. The van der Waals surface area contributed by atoms with Crippen molar-refractivity contribution < 1.29 is 4.74 Å². The fourth-order valence-electron chi connectivity index (χ4n) is 3.88. The van der Waals surface area contributed by atoms with Gasteiger partial charge >= 0.3 is 0 Å². The number of halogens is 1. The minimum Gasteiger partial charge on any atom is -0.382 e. The molecule has 1 aromatic carbocycles. The summed E-state index contributed by atoms with van der Waals surface area (Å²) in [4.78, 5) is 6.59. The van der Waals surface area contributed by atoms with Gasteiger partial charge in [-0.1, -0.05) is 37.1 Å². The summed E-state index contributed by atoms with van der Waals surface area (Å²) >= 11 is 0. The summed E-state index contributed by atoms with van der Waals surface area (Å²) in [6.45, 7) is 6.47.